The number of carbonyl (C=O) groups excluding carboxylic acids is 1. The highest BCUT2D eigenvalue weighted by atomic mass is 19.4. The summed E-state index contributed by atoms with van der Waals surface area (Å²) in [6, 6.07) is 12.3. The van der Waals surface area contributed by atoms with Gasteiger partial charge in [0.05, 0.1) is 11.1 Å². The van der Waals surface area contributed by atoms with Crippen molar-refractivity contribution in [2.24, 2.45) is 5.41 Å². The Morgan fingerprint density at radius 3 is 2.18 bits per heavy atom. The molecule has 2 N–H and O–H groups in total. The number of benzene rings is 3. The van der Waals surface area contributed by atoms with E-state index in [1.165, 1.54) is 12.1 Å². The molecule has 1 amide bonds. The third-order valence-corrected chi connectivity index (χ3v) is 5.43. The molecule has 0 aliphatic rings. The molecule has 0 unspecified atom stereocenters. The van der Waals surface area contributed by atoms with Crippen LogP contribution in [0.2, 0.25) is 0 Å². The number of nitrogens with one attached hydrogen (secondary N) is 1. The van der Waals surface area contributed by atoms with E-state index in [1.54, 1.807) is 32.9 Å². The third-order valence-electron chi connectivity index (χ3n) is 5.43. The van der Waals surface area contributed by atoms with Gasteiger partial charge in [0.1, 0.15) is 18.4 Å². The second-order valence-electron chi connectivity index (χ2n) is 9.26. The lowest BCUT2D eigenvalue weighted by molar-refractivity contribution is -0.142. The van der Waals surface area contributed by atoms with Gasteiger partial charge in [0.25, 0.3) is 5.91 Å². The molecule has 1 atom stereocenters. The number of alkyl halides is 3. The highest BCUT2D eigenvalue weighted by molar-refractivity contribution is 6.05. The molecule has 3 aromatic carbocycles. The van der Waals surface area contributed by atoms with Crippen molar-refractivity contribution in [3.63, 3.8) is 0 Å². The summed E-state index contributed by atoms with van der Waals surface area (Å²) in [6.45, 7) is 6.92. The summed E-state index contributed by atoms with van der Waals surface area (Å²) >= 11 is 0. The Kier molecular flexibility index (Phi) is 6.91. The maximum atomic E-state index is 13.1. The molecule has 0 bridgehead atoms. The maximum Gasteiger partial charge on any atom is 0.416 e. The lowest BCUT2D eigenvalue weighted by atomic mass is 9.86. The van der Waals surface area contributed by atoms with Gasteiger partial charge in [-0.25, -0.2) is 4.79 Å². The van der Waals surface area contributed by atoms with Crippen LogP contribution in [0.25, 0.3) is 10.8 Å². The molecule has 180 valence electrons. The van der Waals surface area contributed by atoms with Crippen LogP contribution < -0.4 is 10.1 Å². The minimum absolute atomic E-state index is 0.0763. The first-order valence-electron chi connectivity index (χ1n) is 10.6. The second kappa shape index (κ2) is 9.37. The van der Waals surface area contributed by atoms with Crippen LogP contribution >= 0.6 is 0 Å². The SMILES string of the molecule is Cc1ccc2ccc(C(=O)N[C@H](C(=O)O)C(C)(C)C)c(OCc3ccc(C(F)(F)F)cc3)c2c1. The molecule has 3 aromatic rings. The molecular formula is C26H26F3NO4. The summed E-state index contributed by atoms with van der Waals surface area (Å²) in [4.78, 5) is 24.9. The number of carboxylic acid groups (broad SMARTS) is 1. The number of amides is 1. The molecule has 0 fully saturated rings. The number of aryl methyl sites for hydroxylation is 1. The molecule has 0 heterocycles. The van der Waals surface area contributed by atoms with E-state index in [2.05, 4.69) is 5.32 Å². The fraction of sp³-hybridized carbons (Fsp3) is 0.308. The van der Waals surface area contributed by atoms with E-state index in [1.807, 2.05) is 25.1 Å². The Hall–Kier alpha value is -3.55. The molecule has 3 rings (SSSR count). The predicted molar refractivity (Wildman–Crippen MR) is 123 cm³/mol. The zero-order chi connectivity index (χ0) is 25.3. The van der Waals surface area contributed by atoms with E-state index in [4.69, 9.17) is 4.74 Å². The van der Waals surface area contributed by atoms with Gasteiger partial charge in [-0.3, -0.25) is 4.79 Å². The number of hydrogen-bond donors (Lipinski definition) is 2. The van der Waals surface area contributed by atoms with Gasteiger partial charge in [-0.05, 0) is 47.6 Å². The van der Waals surface area contributed by atoms with Crippen molar-refractivity contribution in [3.05, 3.63) is 76.9 Å². The van der Waals surface area contributed by atoms with Crippen molar-refractivity contribution in [3.8, 4) is 5.75 Å². The molecule has 0 radical (unpaired) electrons. The number of carbonyl (C=O) groups is 2. The van der Waals surface area contributed by atoms with Crippen LogP contribution in [0.3, 0.4) is 0 Å². The Morgan fingerprint density at radius 2 is 1.62 bits per heavy atom. The molecule has 34 heavy (non-hydrogen) atoms. The van der Waals surface area contributed by atoms with Gasteiger partial charge in [-0.1, -0.05) is 56.7 Å². The largest absolute Gasteiger partial charge is 0.487 e. The van der Waals surface area contributed by atoms with Crippen LogP contribution in [-0.4, -0.2) is 23.0 Å². The van der Waals surface area contributed by atoms with Crippen molar-refractivity contribution in [2.75, 3.05) is 0 Å². The first-order chi connectivity index (χ1) is 15.8. The quantitative estimate of drug-likeness (QED) is 0.462. The number of rotatable bonds is 6. The molecule has 0 aliphatic carbocycles. The van der Waals surface area contributed by atoms with Crippen molar-refractivity contribution in [1.29, 1.82) is 0 Å². The number of hydrogen-bond acceptors (Lipinski definition) is 3. The van der Waals surface area contributed by atoms with Gasteiger partial charge < -0.3 is 15.2 Å². The smallest absolute Gasteiger partial charge is 0.416 e. The summed E-state index contributed by atoms with van der Waals surface area (Å²) in [5.74, 6) is -1.55. The molecule has 0 aliphatic heterocycles. The Morgan fingerprint density at radius 1 is 1.00 bits per heavy atom. The van der Waals surface area contributed by atoms with Crippen LogP contribution in [0.4, 0.5) is 13.2 Å². The predicted octanol–water partition coefficient (Wildman–Crippen LogP) is 5.98. The van der Waals surface area contributed by atoms with Crippen LogP contribution in [0.1, 0.15) is 47.8 Å². The molecule has 0 saturated heterocycles. The van der Waals surface area contributed by atoms with Crippen LogP contribution in [0, 0.1) is 12.3 Å². The maximum absolute atomic E-state index is 13.1. The number of aliphatic carboxylic acids is 1. The van der Waals surface area contributed by atoms with E-state index in [0.29, 0.717) is 10.9 Å². The summed E-state index contributed by atoms with van der Waals surface area (Å²) in [5.41, 5.74) is 0.0417. The summed E-state index contributed by atoms with van der Waals surface area (Å²) in [7, 11) is 0. The van der Waals surface area contributed by atoms with Gasteiger partial charge in [-0.2, -0.15) is 13.2 Å². The molecular weight excluding hydrogens is 447 g/mol. The van der Waals surface area contributed by atoms with Gasteiger partial charge in [-0.15, -0.1) is 0 Å². The monoisotopic (exact) mass is 473 g/mol. The topological polar surface area (TPSA) is 75.6 Å². The summed E-state index contributed by atoms with van der Waals surface area (Å²) in [6.07, 6.45) is -4.44. The second-order valence-corrected chi connectivity index (χ2v) is 9.26. The standard InChI is InChI=1S/C26H26F3NO4/c1-15-5-8-17-9-12-19(23(31)30-22(24(32)33)25(2,3)4)21(20(17)13-15)34-14-16-6-10-18(11-7-16)26(27,28)29/h5-13,22H,14H2,1-4H3,(H,30,31)(H,32,33)/t22-/m1/s1. The first-order valence-corrected chi connectivity index (χ1v) is 10.6. The zero-order valence-electron chi connectivity index (χ0n) is 19.3. The van der Waals surface area contributed by atoms with Crippen molar-refractivity contribution < 1.29 is 32.6 Å². The van der Waals surface area contributed by atoms with Gasteiger partial charge in [0, 0.05) is 5.39 Å². The van der Waals surface area contributed by atoms with E-state index in [-0.39, 0.29) is 17.9 Å². The molecule has 8 heteroatoms. The minimum atomic E-state index is -4.44. The van der Waals surface area contributed by atoms with Gasteiger partial charge in [0.2, 0.25) is 0 Å². The van der Waals surface area contributed by atoms with Gasteiger partial charge >= 0.3 is 12.1 Å². The molecule has 0 aromatic heterocycles. The van der Waals surface area contributed by atoms with E-state index >= 15 is 0 Å². The normalized spacial score (nSPS) is 12.9. The van der Waals surface area contributed by atoms with Crippen molar-refractivity contribution in [2.45, 2.75) is 46.5 Å². The third kappa shape index (κ3) is 5.68. The Balaban J connectivity index is 1.98. The lowest BCUT2D eigenvalue weighted by Gasteiger charge is -2.28. The van der Waals surface area contributed by atoms with Crippen LogP contribution in [0.5, 0.6) is 5.75 Å². The molecule has 5 nitrogen and oxygen atoms in total. The van der Waals surface area contributed by atoms with E-state index in [0.717, 1.165) is 23.1 Å². The fourth-order valence-electron chi connectivity index (χ4n) is 3.54. The number of carboxylic acids is 1. The highest BCUT2D eigenvalue weighted by Crippen LogP contribution is 2.33. The Bertz CT molecular complexity index is 1210. The Labute approximate surface area is 195 Å². The number of ether oxygens (including phenoxy) is 1. The lowest BCUT2D eigenvalue weighted by Crippen LogP contribution is -2.49. The van der Waals surface area contributed by atoms with Crippen LogP contribution in [0.15, 0.2) is 54.6 Å². The summed E-state index contributed by atoms with van der Waals surface area (Å²) < 4.78 is 44.5. The van der Waals surface area contributed by atoms with E-state index in [9.17, 15) is 27.9 Å². The van der Waals surface area contributed by atoms with E-state index < -0.39 is 35.1 Å². The van der Waals surface area contributed by atoms with Crippen LogP contribution in [-0.2, 0) is 17.6 Å². The number of fused-ring (bicyclic) bond motifs is 1. The van der Waals surface area contributed by atoms with Gasteiger partial charge in [0.15, 0.2) is 0 Å². The molecule has 0 saturated carbocycles. The highest BCUT2D eigenvalue weighted by Gasteiger charge is 2.34. The zero-order valence-corrected chi connectivity index (χ0v) is 19.3. The van der Waals surface area contributed by atoms with Crippen molar-refractivity contribution >= 4 is 22.6 Å². The minimum Gasteiger partial charge on any atom is -0.487 e. The van der Waals surface area contributed by atoms with Crippen molar-refractivity contribution in [1.82, 2.24) is 5.32 Å². The molecule has 0 spiro atoms. The summed E-state index contributed by atoms with van der Waals surface area (Å²) in [5, 5.41) is 13.6. The average molecular weight is 473 g/mol. The fourth-order valence-corrected chi connectivity index (χ4v) is 3.54. The average Bonchev–Trinajstić information content (AvgIpc) is 2.74. The first kappa shape index (κ1) is 25.1. The number of halogens is 3.